The summed E-state index contributed by atoms with van der Waals surface area (Å²) in [6.45, 7) is 2.96. The Bertz CT molecular complexity index is 669. The maximum atomic E-state index is 5.91. The Hall–Kier alpha value is -1.96. The first-order valence-corrected chi connectivity index (χ1v) is 6.52. The number of para-hydroxylation sites is 1. The zero-order valence-electron chi connectivity index (χ0n) is 10.6. The third-order valence-electron chi connectivity index (χ3n) is 3.25. The third kappa shape index (κ3) is 1.84. The van der Waals surface area contributed by atoms with Crippen molar-refractivity contribution in [3.63, 3.8) is 0 Å². The van der Waals surface area contributed by atoms with Gasteiger partial charge in [0.25, 0.3) is 0 Å². The van der Waals surface area contributed by atoms with Gasteiger partial charge in [-0.05, 0) is 24.6 Å². The number of benzene rings is 2. The number of H-pyrrole nitrogens is 1. The molecule has 0 spiro atoms. The highest BCUT2D eigenvalue weighted by molar-refractivity contribution is 6.10. The van der Waals surface area contributed by atoms with Gasteiger partial charge < -0.3 is 9.72 Å². The number of nitrogens with one attached hydrogen (secondary N) is 1. The summed E-state index contributed by atoms with van der Waals surface area (Å²) >= 11 is 0. The summed E-state index contributed by atoms with van der Waals surface area (Å²) in [5.74, 6) is 0.985. The van der Waals surface area contributed by atoms with Gasteiger partial charge in [0, 0.05) is 16.3 Å². The van der Waals surface area contributed by atoms with Gasteiger partial charge in [-0.2, -0.15) is 0 Å². The second-order valence-corrected chi connectivity index (χ2v) is 4.55. The summed E-state index contributed by atoms with van der Waals surface area (Å²) in [7, 11) is 0. The Kier molecular flexibility index (Phi) is 2.93. The lowest BCUT2D eigenvalue weighted by Gasteiger charge is -2.06. The molecule has 0 fully saturated rings. The molecule has 3 aromatic rings. The Morgan fingerprint density at radius 2 is 1.83 bits per heavy atom. The standard InChI is InChI=1S/C16H17NO/c1-2-3-11-18-15-10-6-9-14-16(15)12-7-4-5-8-13(12)17-14/h4-10,17H,2-3,11H2,1H3. The molecule has 0 unspecified atom stereocenters. The predicted octanol–water partition coefficient (Wildman–Crippen LogP) is 4.50. The van der Waals surface area contributed by atoms with Crippen molar-refractivity contribution in [3.05, 3.63) is 42.5 Å². The molecule has 0 saturated carbocycles. The van der Waals surface area contributed by atoms with Gasteiger partial charge in [0.15, 0.2) is 0 Å². The fourth-order valence-electron chi connectivity index (χ4n) is 2.32. The maximum Gasteiger partial charge on any atom is 0.129 e. The first kappa shape index (κ1) is 11.1. The largest absolute Gasteiger partial charge is 0.493 e. The molecule has 1 aromatic heterocycles. The lowest BCUT2D eigenvalue weighted by atomic mass is 10.1. The van der Waals surface area contributed by atoms with Crippen LogP contribution in [0.4, 0.5) is 0 Å². The van der Waals surface area contributed by atoms with E-state index in [-0.39, 0.29) is 0 Å². The average Bonchev–Trinajstić information content (AvgIpc) is 2.78. The van der Waals surface area contributed by atoms with Crippen LogP contribution in [0.2, 0.25) is 0 Å². The summed E-state index contributed by atoms with van der Waals surface area (Å²) in [4.78, 5) is 3.43. The molecule has 2 nitrogen and oxygen atoms in total. The highest BCUT2D eigenvalue weighted by atomic mass is 16.5. The van der Waals surface area contributed by atoms with E-state index >= 15 is 0 Å². The minimum absolute atomic E-state index is 0.787. The van der Waals surface area contributed by atoms with Crippen molar-refractivity contribution < 1.29 is 4.74 Å². The van der Waals surface area contributed by atoms with E-state index in [2.05, 4.69) is 48.3 Å². The maximum absolute atomic E-state index is 5.91. The first-order valence-electron chi connectivity index (χ1n) is 6.52. The molecule has 0 saturated heterocycles. The number of hydrogen-bond acceptors (Lipinski definition) is 1. The summed E-state index contributed by atoms with van der Waals surface area (Å²) in [6, 6.07) is 14.6. The number of fused-ring (bicyclic) bond motifs is 3. The topological polar surface area (TPSA) is 25.0 Å². The van der Waals surface area contributed by atoms with E-state index in [0.29, 0.717) is 0 Å². The second kappa shape index (κ2) is 4.73. The Balaban J connectivity index is 2.13. The zero-order chi connectivity index (χ0) is 12.4. The molecule has 0 bridgehead atoms. The van der Waals surface area contributed by atoms with Gasteiger partial charge in [-0.25, -0.2) is 0 Å². The van der Waals surface area contributed by atoms with Crippen molar-refractivity contribution in [1.82, 2.24) is 4.98 Å². The highest BCUT2D eigenvalue weighted by Gasteiger charge is 2.08. The van der Waals surface area contributed by atoms with Gasteiger partial charge in [-0.3, -0.25) is 0 Å². The molecular formula is C16H17NO. The van der Waals surface area contributed by atoms with Crippen LogP contribution in [-0.2, 0) is 0 Å². The van der Waals surface area contributed by atoms with Gasteiger partial charge in [0.2, 0.25) is 0 Å². The summed E-state index contributed by atoms with van der Waals surface area (Å²) in [5.41, 5.74) is 2.31. The molecule has 1 N–H and O–H groups in total. The number of hydrogen-bond donors (Lipinski definition) is 1. The van der Waals surface area contributed by atoms with Crippen LogP contribution in [0.15, 0.2) is 42.5 Å². The molecule has 0 aliphatic heterocycles. The number of aromatic nitrogens is 1. The van der Waals surface area contributed by atoms with Crippen LogP contribution in [-0.4, -0.2) is 11.6 Å². The molecule has 3 rings (SSSR count). The van der Waals surface area contributed by atoms with Crippen molar-refractivity contribution in [2.45, 2.75) is 19.8 Å². The van der Waals surface area contributed by atoms with E-state index < -0.39 is 0 Å². The average molecular weight is 239 g/mol. The van der Waals surface area contributed by atoms with Gasteiger partial charge in [0.1, 0.15) is 5.75 Å². The minimum atomic E-state index is 0.787. The Labute approximate surface area is 107 Å². The van der Waals surface area contributed by atoms with E-state index in [4.69, 9.17) is 4.74 Å². The number of aromatic amines is 1. The summed E-state index contributed by atoms with van der Waals surface area (Å²) in [6.07, 6.45) is 2.25. The van der Waals surface area contributed by atoms with Gasteiger partial charge >= 0.3 is 0 Å². The molecule has 1 heterocycles. The van der Waals surface area contributed by atoms with Crippen LogP contribution in [0.25, 0.3) is 21.8 Å². The van der Waals surface area contributed by atoms with Crippen molar-refractivity contribution in [1.29, 1.82) is 0 Å². The fourth-order valence-corrected chi connectivity index (χ4v) is 2.32. The minimum Gasteiger partial charge on any atom is -0.493 e. The smallest absolute Gasteiger partial charge is 0.129 e. The lowest BCUT2D eigenvalue weighted by molar-refractivity contribution is 0.313. The SMILES string of the molecule is CCCCOc1cccc2[nH]c3ccccc3c12. The third-order valence-corrected chi connectivity index (χ3v) is 3.25. The molecule has 92 valence electrons. The Morgan fingerprint density at radius 1 is 1.00 bits per heavy atom. The van der Waals surface area contributed by atoms with E-state index in [1.165, 1.54) is 16.3 Å². The van der Waals surface area contributed by atoms with Crippen molar-refractivity contribution in [3.8, 4) is 5.75 Å². The number of rotatable bonds is 4. The molecule has 0 radical (unpaired) electrons. The fraction of sp³-hybridized carbons (Fsp3) is 0.250. The van der Waals surface area contributed by atoms with Crippen molar-refractivity contribution in [2.24, 2.45) is 0 Å². The lowest BCUT2D eigenvalue weighted by Crippen LogP contribution is -1.96. The Morgan fingerprint density at radius 3 is 2.72 bits per heavy atom. The normalized spacial score (nSPS) is 11.2. The van der Waals surface area contributed by atoms with Crippen LogP contribution in [0.3, 0.4) is 0 Å². The molecule has 0 atom stereocenters. The highest BCUT2D eigenvalue weighted by Crippen LogP contribution is 2.32. The predicted molar refractivity (Wildman–Crippen MR) is 76.2 cm³/mol. The molecule has 0 aliphatic carbocycles. The van der Waals surface area contributed by atoms with Crippen LogP contribution in [0.1, 0.15) is 19.8 Å². The summed E-state index contributed by atoms with van der Waals surface area (Å²) in [5, 5.41) is 2.43. The molecular weight excluding hydrogens is 222 g/mol. The quantitative estimate of drug-likeness (QED) is 0.666. The van der Waals surface area contributed by atoms with Crippen molar-refractivity contribution in [2.75, 3.05) is 6.61 Å². The van der Waals surface area contributed by atoms with E-state index in [1.54, 1.807) is 0 Å². The number of unbranched alkanes of at least 4 members (excludes halogenated alkanes) is 1. The monoisotopic (exact) mass is 239 g/mol. The zero-order valence-corrected chi connectivity index (χ0v) is 10.6. The molecule has 2 aromatic carbocycles. The second-order valence-electron chi connectivity index (χ2n) is 4.55. The van der Waals surface area contributed by atoms with Gasteiger partial charge in [-0.15, -0.1) is 0 Å². The molecule has 18 heavy (non-hydrogen) atoms. The van der Waals surface area contributed by atoms with Crippen LogP contribution >= 0.6 is 0 Å². The van der Waals surface area contributed by atoms with Gasteiger partial charge in [-0.1, -0.05) is 37.6 Å². The van der Waals surface area contributed by atoms with Crippen molar-refractivity contribution >= 4 is 21.8 Å². The van der Waals surface area contributed by atoms with E-state index in [1.807, 2.05) is 6.07 Å². The van der Waals surface area contributed by atoms with Crippen LogP contribution in [0.5, 0.6) is 5.75 Å². The molecule has 2 heteroatoms. The van der Waals surface area contributed by atoms with Gasteiger partial charge in [0.05, 0.1) is 12.1 Å². The van der Waals surface area contributed by atoms with Crippen LogP contribution in [0, 0.1) is 0 Å². The summed E-state index contributed by atoms with van der Waals surface area (Å²) < 4.78 is 5.91. The molecule has 0 amide bonds. The van der Waals surface area contributed by atoms with Crippen LogP contribution < -0.4 is 4.74 Å². The molecule has 0 aliphatic rings. The van der Waals surface area contributed by atoms with E-state index in [9.17, 15) is 0 Å². The first-order chi connectivity index (χ1) is 8.90. The van der Waals surface area contributed by atoms with E-state index in [0.717, 1.165) is 30.7 Å². The number of ether oxygens (including phenoxy) is 1.